The molecular weight excluding hydrogens is 343 g/mol. The van der Waals surface area contributed by atoms with Crippen LogP contribution in [-0.2, 0) is 14.3 Å². The first-order valence-corrected chi connectivity index (χ1v) is 8.82. The Bertz CT molecular complexity index is 786. The molecule has 0 aliphatic heterocycles. The fraction of sp³-hybridized carbons (Fsp3) is 0.278. The van der Waals surface area contributed by atoms with Crippen LogP contribution in [0.3, 0.4) is 0 Å². The summed E-state index contributed by atoms with van der Waals surface area (Å²) in [7, 11) is 0. The zero-order valence-corrected chi connectivity index (χ0v) is 14.2. The number of hydrogen-bond donors (Lipinski definition) is 1. The molecule has 0 saturated heterocycles. The highest BCUT2D eigenvalue weighted by molar-refractivity contribution is 7.14. The number of carbonyl (C=O) groups excluding carboxylic acids is 2. The zero-order chi connectivity index (χ0) is 17.6. The van der Waals surface area contributed by atoms with E-state index in [1.54, 1.807) is 17.5 Å². The fourth-order valence-electron chi connectivity index (χ4n) is 2.52. The van der Waals surface area contributed by atoms with Crippen LogP contribution in [0.5, 0.6) is 0 Å². The molecule has 130 valence electrons. The van der Waals surface area contributed by atoms with Gasteiger partial charge >= 0.3 is 5.97 Å². The van der Waals surface area contributed by atoms with Crippen molar-refractivity contribution in [3.05, 3.63) is 47.6 Å². The van der Waals surface area contributed by atoms with Crippen LogP contribution in [-0.4, -0.2) is 23.5 Å². The van der Waals surface area contributed by atoms with Crippen molar-refractivity contribution < 1.29 is 18.7 Å². The average Bonchev–Trinajstić information content (AvgIpc) is 3.26. The maximum Gasteiger partial charge on any atom is 0.306 e. The van der Waals surface area contributed by atoms with Gasteiger partial charge in [0.15, 0.2) is 11.7 Å². The maximum atomic E-state index is 12.9. The molecule has 0 bridgehead atoms. The predicted octanol–water partition coefficient (Wildman–Crippen LogP) is 3.79. The van der Waals surface area contributed by atoms with E-state index in [0.29, 0.717) is 17.2 Å². The summed E-state index contributed by atoms with van der Waals surface area (Å²) in [4.78, 5) is 27.8. The second-order valence-electron chi connectivity index (χ2n) is 5.72. The van der Waals surface area contributed by atoms with E-state index >= 15 is 0 Å². The number of allylic oxidation sites excluding steroid dienone is 2. The van der Waals surface area contributed by atoms with Gasteiger partial charge in [-0.2, -0.15) is 0 Å². The zero-order valence-electron chi connectivity index (χ0n) is 13.4. The summed E-state index contributed by atoms with van der Waals surface area (Å²) in [6.45, 7) is -0.333. The van der Waals surface area contributed by atoms with Gasteiger partial charge in [0.25, 0.3) is 5.91 Å². The quantitative estimate of drug-likeness (QED) is 0.629. The van der Waals surface area contributed by atoms with E-state index < -0.39 is 5.91 Å². The van der Waals surface area contributed by atoms with Crippen molar-refractivity contribution >= 4 is 28.3 Å². The molecule has 1 heterocycles. The highest BCUT2D eigenvalue weighted by Gasteiger charge is 2.16. The van der Waals surface area contributed by atoms with E-state index in [0.717, 1.165) is 18.4 Å². The first kappa shape index (κ1) is 17.3. The van der Waals surface area contributed by atoms with E-state index in [9.17, 15) is 14.0 Å². The summed E-state index contributed by atoms with van der Waals surface area (Å²) < 4.78 is 17.9. The van der Waals surface area contributed by atoms with Crippen molar-refractivity contribution in [2.24, 2.45) is 5.92 Å². The molecule has 5 nitrogen and oxygen atoms in total. The number of amides is 1. The lowest BCUT2D eigenvalue weighted by Gasteiger charge is -2.07. The van der Waals surface area contributed by atoms with Crippen molar-refractivity contribution in [1.82, 2.24) is 4.98 Å². The Morgan fingerprint density at radius 3 is 2.84 bits per heavy atom. The molecule has 2 aromatic rings. The van der Waals surface area contributed by atoms with Gasteiger partial charge in [0.1, 0.15) is 5.82 Å². The number of aromatic nitrogens is 1. The number of rotatable bonds is 6. The van der Waals surface area contributed by atoms with Gasteiger partial charge in [-0.3, -0.25) is 14.9 Å². The fourth-order valence-corrected chi connectivity index (χ4v) is 3.26. The van der Waals surface area contributed by atoms with Crippen LogP contribution in [0.1, 0.15) is 19.3 Å². The number of thiazole rings is 1. The van der Waals surface area contributed by atoms with Gasteiger partial charge in [-0.05, 0) is 43.0 Å². The highest BCUT2D eigenvalue weighted by atomic mass is 32.1. The van der Waals surface area contributed by atoms with Gasteiger partial charge in [-0.1, -0.05) is 12.2 Å². The van der Waals surface area contributed by atoms with Crippen LogP contribution in [0.4, 0.5) is 9.52 Å². The summed E-state index contributed by atoms with van der Waals surface area (Å²) in [6, 6.07) is 5.95. The Kier molecular flexibility index (Phi) is 5.55. The van der Waals surface area contributed by atoms with E-state index in [1.807, 2.05) is 12.2 Å². The number of nitrogens with one attached hydrogen (secondary N) is 1. The Morgan fingerprint density at radius 2 is 2.12 bits per heavy atom. The molecule has 7 heteroatoms. The third kappa shape index (κ3) is 4.96. The molecule has 1 amide bonds. The minimum atomic E-state index is -0.435. The van der Waals surface area contributed by atoms with Crippen LogP contribution in [0.2, 0.25) is 0 Å². The Morgan fingerprint density at radius 1 is 1.32 bits per heavy atom. The van der Waals surface area contributed by atoms with Crippen molar-refractivity contribution in [3.63, 3.8) is 0 Å². The van der Waals surface area contributed by atoms with Crippen molar-refractivity contribution in [3.8, 4) is 11.3 Å². The molecule has 0 saturated carbocycles. The van der Waals surface area contributed by atoms with Crippen LogP contribution in [0, 0.1) is 11.7 Å². The Balaban J connectivity index is 1.47. The molecule has 0 unspecified atom stereocenters. The molecular formula is C18H17FN2O3S. The molecule has 0 radical (unpaired) electrons. The number of ether oxygens (including phenoxy) is 1. The Hall–Kier alpha value is -2.54. The molecule has 0 spiro atoms. The molecule has 1 aromatic carbocycles. The average molecular weight is 360 g/mol. The Labute approximate surface area is 148 Å². The normalized spacial score (nSPS) is 16.0. The number of carbonyl (C=O) groups is 2. The maximum absolute atomic E-state index is 12.9. The molecule has 3 rings (SSSR count). The van der Waals surface area contributed by atoms with Gasteiger partial charge in [-0.15, -0.1) is 11.3 Å². The monoisotopic (exact) mass is 360 g/mol. The van der Waals surface area contributed by atoms with E-state index in [4.69, 9.17) is 4.74 Å². The predicted molar refractivity (Wildman–Crippen MR) is 93.6 cm³/mol. The summed E-state index contributed by atoms with van der Waals surface area (Å²) in [5.74, 6) is -0.914. The molecule has 25 heavy (non-hydrogen) atoms. The van der Waals surface area contributed by atoms with Crippen LogP contribution in [0.25, 0.3) is 11.3 Å². The number of anilines is 1. The summed E-state index contributed by atoms with van der Waals surface area (Å²) in [5.41, 5.74) is 1.40. The highest BCUT2D eigenvalue weighted by Crippen LogP contribution is 2.25. The van der Waals surface area contributed by atoms with Crippen molar-refractivity contribution in [2.45, 2.75) is 19.3 Å². The van der Waals surface area contributed by atoms with E-state index in [2.05, 4.69) is 10.3 Å². The third-order valence-corrected chi connectivity index (χ3v) is 4.55. The molecule has 1 aliphatic rings. The SMILES string of the molecule is O=C(COC(=O)C[C@H]1C=CCC1)Nc1nc(-c2ccc(F)cc2)cs1. The molecule has 1 aliphatic carbocycles. The van der Waals surface area contributed by atoms with Gasteiger partial charge in [0.2, 0.25) is 0 Å². The van der Waals surface area contributed by atoms with Gasteiger partial charge in [0.05, 0.1) is 12.1 Å². The second kappa shape index (κ2) is 8.02. The first-order chi connectivity index (χ1) is 12.1. The van der Waals surface area contributed by atoms with E-state index in [-0.39, 0.29) is 24.3 Å². The van der Waals surface area contributed by atoms with Crippen molar-refractivity contribution in [1.29, 1.82) is 0 Å². The smallest absolute Gasteiger partial charge is 0.306 e. The third-order valence-electron chi connectivity index (χ3n) is 3.80. The molecule has 0 fully saturated rings. The van der Waals surface area contributed by atoms with Crippen LogP contribution >= 0.6 is 11.3 Å². The summed E-state index contributed by atoms with van der Waals surface area (Å²) in [6.07, 6.45) is 6.29. The largest absolute Gasteiger partial charge is 0.456 e. The van der Waals surface area contributed by atoms with Gasteiger partial charge < -0.3 is 4.74 Å². The van der Waals surface area contributed by atoms with Gasteiger partial charge in [-0.25, -0.2) is 9.37 Å². The molecule has 1 atom stereocenters. The molecule has 1 N–H and O–H groups in total. The minimum Gasteiger partial charge on any atom is -0.456 e. The van der Waals surface area contributed by atoms with Crippen LogP contribution in [0.15, 0.2) is 41.8 Å². The lowest BCUT2D eigenvalue weighted by atomic mass is 10.1. The topological polar surface area (TPSA) is 68.3 Å². The second-order valence-corrected chi connectivity index (χ2v) is 6.58. The number of halogens is 1. The summed E-state index contributed by atoms with van der Waals surface area (Å²) in [5, 5.41) is 4.76. The number of benzene rings is 1. The number of nitrogens with zero attached hydrogens (tertiary/aromatic N) is 1. The lowest BCUT2D eigenvalue weighted by molar-refractivity contribution is -0.147. The minimum absolute atomic E-state index is 0.216. The van der Waals surface area contributed by atoms with Crippen molar-refractivity contribution in [2.75, 3.05) is 11.9 Å². The summed E-state index contributed by atoms with van der Waals surface area (Å²) >= 11 is 1.25. The molecule has 1 aromatic heterocycles. The van der Waals surface area contributed by atoms with Crippen LogP contribution < -0.4 is 5.32 Å². The standard InChI is InChI=1S/C18H17FN2O3S/c19-14-7-5-13(6-8-14)15-11-25-18(20-15)21-16(22)10-24-17(23)9-12-3-1-2-4-12/h1,3,5-8,11-12H,2,4,9-10H2,(H,20,21,22)/t12-/m0/s1. The van der Waals surface area contributed by atoms with Gasteiger partial charge in [0, 0.05) is 10.9 Å². The number of hydrogen-bond acceptors (Lipinski definition) is 5. The van der Waals surface area contributed by atoms with E-state index in [1.165, 1.54) is 23.5 Å². The first-order valence-electron chi connectivity index (χ1n) is 7.94. The lowest BCUT2D eigenvalue weighted by Crippen LogP contribution is -2.21. The number of esters is 1.